The van der Waals surface area contributed by atoms with Crippen LogP contribution in [0.25, 0.3) is 0 Å². The van der Waals surface area contributed by atoms with Crippen LogP contribution in [-0.4, -0.2) is 54.6 Å². The van der Waals surface area contributed by atoms with Crippen LogP contribution in [0.4, 0.5) is 0 Å². The van der Waals surface area contributed by atoms with Crippen molar-refractivity contribution in [3.05, 3.63) is 24.0 Å². The number of hydrogen-bond acceptors (Lipinski definition) is 8. The van der Waals surface area contributed by atoms with Crippen molar-refractivity contribution >= 4 is 5.84 Å². The number of aliphatic imine (C=N–C) groups is 1. The number of nitrogens with one attached hydrogen (secondary N) is 2. The Bertz CT molecular complexity index is 483. The molecule has 3 rings (SSSR count). The van der Waals surface area contributed by atoms with Crippen molar-refractivity contribution in [3.8, 4) is 0 Å². The van der Waals surface area contributed by atoms with Crippen LogP contribution in [0.3, 0.4) is 0 Å². The first-order valence-electron chi connectivity index (χ1n) is 7.24. The predicted molar refractivity (Wildman–Crippen MR) is 80.3 cm³/mol. The summed E-state index contributed by atoms with van der Waals surface area (Å²) in [6.45, 7) is 2.56. The van der Waals surface area contributed by atoms with E-state index in [0.29, 0.717) is 12.4 Å². The maximum Gasteiger partial charge on any atom is 0.210 e. The Morgan fingerprint density at radius 2 is 2.19 bits per heavy atom. The molecule has 0 bridgehead atoms. The van der Waals surface area contributed by atoms with Crippen LogP contribution in [-0.2, 0) is 4.84 Å². The zero-order chi connectivity index (χ0) is 14.9. The van der Waals surface area contributed by atoms with Gasteiger partial charge < -0.3 is 16.4 Å². The van der Waals surface area contributed by atoms with Gasteiger partial charge in [-0.1, -0.05) is 5.17 Å². The maximum absolute atomic E-state index is 6.30. The number of piperidine rings is 1. The van der Waals surface area contributed by atoms with Crippen molar-refractivity contribution in [2.24, 2.45) is 16.5 Å². The van der Waals surface area contributed by atoms with Crippen molar-refractivity contribution in [1.82, 2.24) is 20.8 Å². The Hall–Kier alpha value is -1.61. The molecule has 8 heteroatoms. The number of hydroxylamine groups is 1. The van der Waals surface area contributed by atoms with E-state index in [-0.39, 0.29) is 6.10 Å². The van der Waals surface area contributed by atoms with Gasteiger partial charge in [-0.15, -0.1) is 0 Å². The molecule has 116 valence electrons. The first kappa shape index (κ1) is 14.3. The van der Waals surface area contributed by atoms with Crippen LogP contribution in [0.2, 0.25) is 0 Å². The molecule has 0 amide bonds. The largest absolute Gasteiger partial charge is 0.384 e. The monoisotopic (exact) mass is 293 g/mol. The van der Waals surface area contributed by atoms with E-state index < -0.39 is 5.79 Å². The topological polar surface area (TPSA) is 104 Å². The van der Waals surface area contributed by atoms with Gasteiger partial charge in [0.15, 0.2) is 0 Å². The summed E-state index contributed by atoms with van der Waals surface area (Å²) in [5.74, 6) is -0.586. The third-order valence-electron chi connectivity index (χ3n) is 3.91. The minimum atomic E-state index is -1.00. The van der Waals surface area contributed by atoms with Crippen LogP contribution >= 0.6 is 0 Å². The van der Waals surface area contributed by atoms with Crippen LogP contribution in [0.1, 0.15) is 12.8 Å². The molecular formula is C13H23N7O. The Kier molecular flexibility index (Phi) is 3.85. The molecule has 8 nitrogen and oxygen atoms in total. The van der Waals surface area contributed by atoms with Crippen LogP contribution in [0.15, 0.2) is 29.0 Å². The van der Waals surface area contributed by atoms with Gasteiger partial charge in [-0.2, -0.15) is 0 Å². The van der Waals surface area contributed by atoms with Crippen molar-refractivity contribution in [3.63, 3.8) is 0 Å². The highest BCUT2D eigenvalue weighted by Gasteiger charge is 2.36. The molecule has 21 heavy (non-hydrogen) atoms. The van der Waals surface area contributed by atoms with E-state index in [1.165, 1.54) is 0 Å². The van der Waals surface area contributed by atoms with Crippen molar-refractivity contribution in [2.45, 2.75) is 24.7 Å². The molecule has 1 atom stereocenters. The fraction of sp³-hybridized carbons (Fsp3) is 0.615. The van der Waals surface area contributed by atoms with Crippen molar-refractivity contribution in [2.75, 3.05) is 26.7 Å². The normalized spacial score (nSPS) is 31.0. The van der Waals surface area contributed by atoms with Crippen molar-refractivity contribution in [1.29, 1.82) is 0 Å². The van der Waals surface area contributed by atoms with Gasteiger partial charge >= 0.3 is 0 Å². The Morgan fingerprint density at radius 1 is 1.43 bits per heavy atom. The number of hydrogen-bond donors (Lipinski definition) is 4. The zero-order valence-electron chi connectivity index (χ0n) is 12.2. The average molecular weight is 293 g/mol. The zero-order valence-corrected chi connectivity index (χ0v) is 12.2. The summed E-state index contributed by atoms with van der Waals surface area (Å²) in [7, 11) is 1.93. The molecule has 0 radical (unpaired) electrons. The van der Waals surface area contributed by atoms with E-state index in [9.17, 15) is 0 Å². The quantitative estimate of drug-likeness (QED) is 0.518. The van der Waals surface area contributed by atoms with Gasteiger partial charge in [-0.3, -0.25) is 15.6 Å². The lowest BCUT2D eigenvalue weighted by molar-refractivity contribution is -0.277. The number of rotatable bonds is 3. The Labute approximate surface area is 124 Å². The molecule has 1 saturated heterocycles. The summed E-state index contributed by atoms with van der Waals surface area (Å²) in [4.78, 5) is 10.3. The van der Waals surface area contributed by atoms with Crippen LogP contribution in [0.5, 0.6) is 0 Å². The first-order chi connectivity index (χ1) is 10.1. The van der Waals surface area contributed by atoms with E-state index in [2.05, 4.69) is 15.6 Å². The van der Waals surface area contributed by atoms with E-state index in [1.807, 2.05) is 23.4 Å². The molecule has 0 aromatic rings. The predicted octanol–water partition coefficient (Wildman–Crippen LogP) is -1.20. The molecule has 3 aliphatic heterocycles. The van der Waals surface area contributed by atoms with Gasteiger partial charge in [-0.25, -0.2) is 4.99 Å². The lowest BCUT2D eigenvalue weighted by atomic mass is 10.1. The lowest BCUT2D eigenvalue weighted by Crippen LogP contribution is -2.55. The summed E-state index contributed by atoms with van der Waals surface area (Å²) in [5.41, 5.74) is 13.0. The molecule has 0 aliphatic carbocycles. The van der Waals surface area contributed by atoms with E-state index >= 15 is 0 Å². The highest BCUT2D eigenvalue weighted by Crippen LogP contribution is 2.25. The van der Waals surface area contributed by atoms with Crippen LogP contribution in [0, 0.1) is 0 Å². The summed E-state index contributed by atoms with van der Waals surface area (Å²) in [6.07, 6.45) is 7.61. The van der Waals surface area contributed by atoms with E-state index in [0.717, 1.165) is 31.5 Å². The van der Waals surface area contributed by atoms with E-state index in [4.69, 9.17) is 16.3 Å². The third-order valence-corrected chi connectivity index (χ3v) is 3.91. The SMILES string of the molecule is CN1C=C(C2(N)N=C(N)C=CN2)CN1OC1CCNCC1. The Morgan fingerprint density at radius 3 is 2.90 bits per heavy atom. The first-order valence-corrected chi connectivity index (χ1v) is 7.24. The number of nitrogens with zero attached hydrogens (tertiary/aromatic N) is 3. The molecule has 1 unspecified atom stereocenters. The highest BCUT2D eigenvalue weighted by atomic mass is 16.7. The molecule has 0 aromatic heterocycles. The minimum absolute atomic E-state index is 0.239. The summed E-state index contributed by atoms with van der Waals surface area (Å²) < 4.78 is 0. The van der Waals surface area contributed by atoms with Gasteiger partial charge in [0.1, 0.15) is 5.84 Å². The minimum Gasteiger partial charge on any atom is -0.384 e. The Balaban J connectivity index is 1.64. The standard InChI is InChI=1S/C13H23N7O/c1-19-8-10(13(15)17-7-4-12(14)18-13)9-20(19)21-11-2-5-16-6-3-11/h4,7-8,11,16-17H,2-3,5-6,9,15H2,1H3,(H2,14,18). The lowest BCUT2D eigenvalue weighted by Gasteiger charge is -2.32. The highest BCUT2D eigenvalue weighted by molar-refractivity contribution is 5.92. The number of hydrazine groups is 1. The molecule has 3 heterocycles. The number of nitrogens with two attached hydrogens (primary N) is 2. The second kappa shape index (κ2) is 5.64. The average Bonchev–Trinajstić information content (AvgIpc) is 2.82. The smallest absolute Gasteiger partial charge is 0.210 e. The molecule has 3 aliphatic rings. The fourth-order valence-corrected chi connectivity index (χ4v) is 2.68. The maximum atomic E-state index is 6.30. The third kappa shape index (κ3) is 3.03. The second-order valence-corrected chi connectivity index (χ2v) is 5.57. The van der Waals surface area contributed by atoms with E-state index in [1.54, 1.807) is 12.3 Å². The van der Waals surface area contributed by atoms with Gasteiger partial charge in [0, 0.05) is 25.0 Å². The van der Waals surface area contributed by atoms with Crippen LogP contribution < -0.4 is 22.1 Å². The summed E-state index contributed by atoms with van der Waals surface area (Å²) in [5, 5.41) is 10.1. The van der Waals surface area contributed by atoms with Crippen molar-refractivity contribution < 1.29 is 4.84 Å². The fourth-order valence-electron chi connectivity index (χ4n) is 2.68. The van der Waals surface area contributed by atoms with Gasteiger partial charge in [-0.05, 0) is 32.0 Å². The van der Waals surface area contributed by atoms with Gasteiger partial charge in [0.25, 0.3) is 0 Å². The second-order valence-electron chi connectivity index (χ2n) is 5.57. The number of amidine groups is 1. The van der Waals surface area contributed by atoms with Gasteiger partial charge in [0.2, 0.25) is 5.79 Å². The summed E-state index contributed by atoms with van der Waals surface area (Å²) in [6, 6.07) is 0. The molecule has 0 spiro atoms. The summed E-state index contributed by atoms with van der Waals surface area (Å²) >= 11 is 0. The van der Waals surface area contributed by atoms with Gasteiger partial charge in [0.05, 0.1) is 12.6 Å². The molecule has 1 fully saturated rings. The molecule has 0 aromatic carbocycles. The molecule has 0 saturated carbocycles. The molecular weight excluding hydrogens is 270 g/mol. The molecule has 6 N–H and O–H groups in total.